The third kappa shape index (κ3) is 5.48. The number of aromatic nitrogens is 1. The smallest absolute Gasteiger partial charge is 0.254 e. The van der Waals surface area contributed by atoms with Crippen LogP contribution in [-0.2, 0) is 27.3 Å². The Morgan fingerprint density at radius 1 is 1.03 bits per heavy atom. The van der Waals surface area contributed by atoms with E-state index in [0.29, 0.717) is 32.7 Å². The van der Waals surface area contributed by atoms with Gasteiger partial charge in [-0.15, -0.1) is 0 Å². The average Bonchev–Trinajstić information content (AvgIpc) is 3.32. The van der Waals surface area contributed by atoms with Gasteiger partial charge in [-0.1, -0.05) is 36.4 Å². The van der Waals surface area contributed by atoms with Crippen LogP contribution in [-0.4, -0.2) is 71.5 Å². The Morgan fingerprint density at radius 2 is 1.81 bits per heavy atom. The van der Waals surface area contributed by atoms with Crippen molar-refractivity contribution >= 4 is 11.8 Å². The van der Waals surface area contributed by atoms with Crippen molar-refractivity contribution in [2.45, 2.75) is 31.4 Å². The van der Waals surface area contributed by atoms with E-state index in [1.807, 2.05) is 48.5 Å². The van der Waals surface area contributed by atoms with Crippen molar-refractivity contribution in [3.63, 3.8) is 0 Å². The topological polar surface area (TPSA) is 74.8 Å². The van der Waals surface area contributed by atoms with Gasteiger partial charge in [-0.2, -0.15) is 0 Å². The molecule has 0 saturated carbocycles. The fraction of sp³-hybridized carbons (Fsp3) is 0.458. The number of hydrogen-bond donors (Lipinski definition) is 1. The number of carbonyl (C=O) groups excluding carboxylic acids is 2. The second-order valence-electron chi connectivity index (χ2n) is 8.31. The number of pyridine rings is 1. The zero-order chi connectivity index (χ0) is 21.5. The van der Waals surface area contributed by atoms with Gasteiger partial charge in [0.1, 0.15) is 0 Å². The van der Waals surface area contributed by atoms with Crippen LogP contribution < -0.4 is 5.32 Å². The number of nitrogens with one attached hydrogen (secondary N) is 1. The van der Waals surface area contributed by atoms with E-state index in [1.54, 1.807) is 11.1 Å². The minimum absolute atomic E-state index is 0.0615. The average molecular weight is 423 g/mol. The first-order valence-corrected chi connectivity index (χ1v) is 11.0. The Kier molecular flexibility index (Phi) is 6.94. The normalized spacial score (nSPS) is 21.7. The summed E-state index contributed by atoms with van der Waals surface area (Å²) in [4.78, 5) is 34.7. The summed E-state index contributed by atoms with van der Waals surface area (Å²) in [6.07, 6.45) is 4.32. The van der Waals surface area contributed by atoms with Gasteiger partial charge in [0.25, 0.3) is 5.91 Å². The number of carbonyl (C=O) groups is 2. The monoisotopic (exact) mass is 422 g/mol. The van der Waals surface area contributed by atoms with Crippen molar-refractivity contribution in [3.05, 3.63) is 66.0 Å². The van der Waals surface area contributed by atoms with E-state index < -0.39 is 5.60 Å². The molecule has 2 aliphatic rings. The number of ether oxygens (including phenoxy) is 1. The molecule has 0 spiro atoms. The van der Waals surface area contributed by atoms with Crippen LogP contribution in [0, 0.1) is 0 Å². The quantitative estimate of drug-likeness (QED) is 0.734. The first-order chi connectivity index (χ1) is 15.1. The molecule has 1 atom stereocenters. The predicted octanol–water partition coefficient (Wildman–Crippen LogP) is 1.63. The van der Waals surface area contributed by atoms with E-state index in [0.717, 1.165) is 37.2 Å². The van der Waals surface area contributed by atoms with Crippen LogP contribution >= 0.6 is 0 Å². The fourth-order valence-electron chi connectivity index (χ4n) is 4.29. The summed E-state index contributed by atoms with van der Waals surface area (Å²) in [5.74, 6) is -0.146. The van der Waals surface area contributed by atoms with Gasteiger partial charge >= 0.3 is 0 Å². The summed E-state index contributed by atoms with van der Waals surface area (Å²) in [5, 5.41) is 3.02. The van der Waals surface area contributed by atoms with Crippen molar-refractivity contribution in [2.75, 3.05) is 39.3 Å². The van der Waals surface area contributed by atoms with Crippen LogP contribution in [0.2, 0.25) is 0 Å². The molecule has 7 heteroatoms. The molecule has 2 amide bonds. The number of hydrogen-bond acceptors (Lipinski definition) is 5. The molecule has 164 valence electrons. The Bertz CT molecular complexity index is 871. The molecule has 2 aliphatic heterocycles. The van der Waals surface area contributed by atoms with Crippen LogP contribution in [0.25, 0.3) is 0 Å². The maximum Gasteiger partial charge on any atom is 0.254 e. The first kappa shape index (κ1) is 21.5. The van der Waals surface area contributed by atoms with Crippen LogP contribution in [0.3, 0.4) is 0 Å². The zero-order valence-electron chi connectivity index (χ0n) is 17.8. The lowest BCUT2D eigenvalue weighted by Gasteiger charge is -2.42. The highest BCUT2D eigenvalue weighted by molar-refractivity contribution is 5.87. The molecule has 2 aromatic rings. The molecule has 1 unspecified atom stereocenters. The molecular formula is C24H30N4O3. The Morgan fingerprint density at radius 3 is 2.55 bits per heavy atom. The lowest BCUT2D eigenvalue weighted by molar-refractivity contribution is -0.166. The maximum atomic E-state index is 13.4. The Balaban J connectivity index is 1.49. The molecular weight excluding hydrogens is 392 g/mol. The molecule has 2 saturated heterocycles. The molecule has 31 heavy (non-hydrogen) atoms. The highest BCUT2D eigenvalue weighted by Gasteiger charge is 2.45. The van der Waals surface area contributed by atoms with Gasteiger partial charge < -0.3 is 15.0 Å². The van der Waals surface area contributed by atoms with Crippen molar-refractivity contribution in [3.8, 4) is 0 Å². The van der Waals surface area contributed by atoms with E-state index in [1.165, 1.54) is 0 Å². The molecule has 3 heterocycles. The summed E-state index contributed by atoms with van der Waals surface area (Å²) in [5.41, 5.74) is 0.634. The van der Waals surface area contributed by atoms with Crippen molar-refractivity contribution in [2.24, 2.45) is 0 Å². The van der Waals surface area contributed by atoms with Gasteiger partial charge in [0.15, 0.2) is 5.60 Å². The van der Waals surface area contributed by atoms with E-state index in [2.05, 4.69) is 15.2 Å². The molecule has 1 aromatic carbocycles. The number of amides is 2. The minimum Gasteiger partial charge on any atom is -0.361 e. The summed E-state index contributed by atoms with van der Waals surface area (Å²) in [6, 6.07) is 15.4. The van der Waals surface area contributed by atoms with Crippen LogP contribution in [0.4, 0.5) is 0 Å². The highest BCUT2D eigenvalue weighted by Crippen LogP contribution is 2.24. The van der Waals surface area contributed by atoms with Gasteiger partial charge in [0.05, 0.1) is 19.7 Å². The molecule has 1 aromatic heterocycles. The van der Waals surface area contributed by atoms with E-state index in [9.17, 15) is 9.59 Å². The predicted molar refractivity (Wildman–Crippen MR) is 117 cm³/mol. The molecule has 0 bridgehead atoms. The highest BCUT2D eigenvalue weighted by atomic mass is 16.5. The molecule has 1 N–H and O–H groups in total. The second-order valence-corrected chi connectivity index (χ2v) is 8.31. The van der Waals surface area contributed by atoms with Gasteiger partial charge in [0, 0.05) is 31.4 Å². The maximum absolute atomic E-state index is 13.4. The number of morpholine rings is 1. The van der Waals surface area contributed by atoms with Gasteiger partial charge in [-0.3, -0.25) is 19.5 Å². The SMILES string of the molecule is O=C(CN1CCCC1)N1CCOC(Cc2ccccn2)(C(=O)NCc2ccccc2)C1. The molecule has 0 aliphatic carbocycles. The van der Waals surface area contributed by atoms with Crippen molar-refractivity contribution in [1.82, 2.24) is 20.1 Å². The fourth-order valence-corrected chi connectivity index (χ4v) is 4.29. The lowest BCUT2D eigenvalue weighted by atomic mass is 9.93. The number of nitrogens with zero attached hydrogens (tertiary/aromatic N) is 3. The van der Waals surface area contributed by atoms with Gasteiger partial charge in [-0.25, -0.2) is 0 Å². The van der Waals surface area contributed by atoms with Crippen molar-refractivity contribution in [1.29, 1.82) is 0 Å². The second kappa shape index (κ2) is 10.0. The van der Waals surface area contributed by atoms with E-state index in [-0.39, 0.29) is 18.4 Å². The van der Waals surface area contributed by atoms with Crippen molar-refractivity contribution < 1.29 is 14.3 Å². The number of rotatable bonds is 7. The molecule has 2 fully saturated rings. The van der Waals surface area contributed by atoms with Gasteiger partial charge in [0.2, 0.25) is 5.91 Å². The minimum atomic E-state index is -1.15. The summed E-state index contributed by atoms with van der Waals surface area (Å²) in [6.45, 7) is 3.82. The van der Waals surface area contributed by atoms with Crippen LogP contribution in [0.5, 0.6) is 0 Å². The van der Waals surface area contributed by atoms with E-state index in [4.69, 9.17) is 4.74 Å². The number of benzene rings is 1. The summed E-state index contributed by atoms with van der Waals surface area (Å²) in [7, 11) is 0. The third-order valence-corrected chi connectivity index (χ3v) is 6.00. The molecule has 4 rings (SSSR count). The molecule has 7 nitrogen and oxygen atoms in total. The van der Waals surface area contributed by atoms with Gasteiger partial charge in [-0.05, 0) is 43.6 Å². The Labute approximate surface area is 183 Å². The van der Waals surface area contributed by atoms with Crippen LogP contribution in [0.15, 0.2) is 54.7 Å². The first-order valence-electron chi connectivity index (χ1n) is 11.0. The summed E-state index contributed by atoms with van der Waals surface area (Å²) < 4.78 is 6.11. The zero-order valence-corrected chi connectivity index (χ0v) is 17.8. The number of likely N-dealkylation sites (tertiary alicyclic amines) is 1. The van der Waals surface area contributed by atoms with Crippen LogP contribution in [0.1, 0.15) is 24.1 Å². The largest absolute Gasteiger partial charge is 0.361 e. The van der Waals surface area contributed by atoms with E-state index >= 15 is 0 Å². The lowest BCUT2D eigenvalue weighted by Crippen LogP contribution is -2.62. The molecule has 0 radical (unpaired) electrons. The Hall–Kier alpha value is -2.77. The standard InChI is InChI=1S/C24H30N4O3/c29-22(18-27-12-6-7-13-27)28-14-15-31-24(19-28,16-21-10-4-5-11-25-21)23(30)26-17-20-8-2-1-3-9-20/h1-5,8-11H,6-7,12-19H2,(H,26,30). The summed E-state index contributed by atoms with van der Waals surface area (Å²) >= 11 is 0. The third-order valence-electron chi connectivity index (χ3n) is 6.00.